The lowest BCUT2D eigenvalue weighted by atomic mass is 9.99. The Morgan fingerprint density at radius 1 is 0.829 bits per heavy atom. The highest BCUT2D eigenvalue weighted by atomic mass is 19.4. The van der Waals surface area contributed by atoms with Crippen LogP contribution in [0.3, 0.4) is 0 Å². The van der Waals surface area contributed by atoms with Crippen molar-refractivity contribution >= 4 is 10.9 Å². The molecule has 0 aliphatic rings. The van der Waals surface area contributed by atoms with Gasteiger partial charge in [-0.15, -0.1) is 0 Å². The summed E-state index contributed by atoms with van der Waals surface area (Å²) in [7, 11) is 0. The summed E-state index contributed by atoms with van der Waals surface area (Å²) in [5, 5.41) is 13.4. The molecule has 4 nitrogen and oxygen atoms in total. The van der Waals surface area contributed by atoms with Crippen LogP contribution in [0.25, 0.3) is 10.9 Å². The van der Waals surface area contributed by atoms with Gasteiger partial charge in [-0.25, -0.2) is 4.98 Å². The molecule has 0 fully saturated rings. The van der Waals surface area contributed by atoms with Gasteiger partial charge in [-0.05, 0) is 43.6 Å². The van der Waals surface area contributed by atoms with E-state index < -0.39 is 35.2 Å². The number of nitrogens with one attached hydrogen (secondary N) is 1. The van der Waals surface area contributed by atoms with Crippen LogP contribution in [0.2, 0.25) is 0 Å². The van der Waals surface area contributed by atoms with E-state index in [1.54, 1.807) is 0 Å². The highest BCUT2D eigenvalue weighted by molar-refractivity contribution is 5.86. The number of aliphatic hydroxyl groups excluding tert-OH is 1. The van der Waals surface area contributed by atoms with Gasteiger partial charge < -0.3 is 16.2 Å². The number of fused-ring (bicyclic) bond motifs is 1. The quantitative estimate of drug-likeness (QED) is 0.184. The van der Waals surface area contributed by atoms with Gasteiger partial charge in [0.15, 0.2) is 0 Å². The molecule has 1 atom stereocenters. The van der Waals surface area contributed by atoms with Gasteiger partial charge in [-0.3, -0.25) is 0 Å². The van der Waals surface area contributed by atoms with Crippen LogP contribution in [-0.2, 0) is 12.4 Å². The number of rotatable bonds is 15. The first-order valence-electron chi connectivity index (χ1n) is 12.2. The number of pyridine rings is 1. The highest BCUT2D eigenvalue weighted by Crippen LogP contribution is 2.38. The first-order valence-corrected chi connectivity index (χ1v) is 12.2. The number of para-hydroxylation sites is 1. The molecule has 1 heterocycles. The largest absolute Gasteiger partial charge is 0.433 e. The molecule has 0 radical (unpaired) electrons. The fourth-order valence-electron chi connectivity index (χ4n) is 4.08. The SMILES string of the molecule is NCCCCCCCCCCCCNC[C@H](O)c1cc(C(F)(F)F)nc2c(C(F)(F)F)cccc12. The maximum absolute atomic E-state index is 13.4. The second-order valence-corrected chi connectivity index (χ2v) is 8.84. The predicted octanol–water partition coefficient (Wildman–Crippen LogP) is 6.76. The molecule has 0 saturated carbocycles. The minimum Gasteiger partial charge on any atom is -0.387 e. The molecule has 4 N–H and O–H groups in total. The number of aromatic nitrogens is 1. The van der Waals surface area contributed by atoms with Crippen LogP contribution in [0.4, 0.5) is 26.3 Å². The van der Waals surface area contributed by atoms with Crippen LogP contribution in [-0.4, -0.2) is 29.7 Å². The van der Waals surface area contributed by atoms with Gasteiger partial charge in [0, 0.05) is 11.9 Å². The summed E-state index contributed by atoms with van der Waals surface area (Å²) in [5.41, 5.74) is 1.69. The Kier molecular flexibility index (Phi) is 11.7. The predicted molar refractivity (Wildman–Crippen MR) is 125 cm³/mol. The molecule has 0 unspecified atom stereocenters. The fourth-order valence-corrected chi connectivity index (χ4v) is 4.08. The number of halogens is 6. The summed E-state index contributed by atoms with van der Waals surface area (Å²) < 4.78 is 80.0. The Balaban J connectivity index is 1.87. The monoisotopic (exact) mass is 507 g/mol. The first kappa shape index (κ1) is 29.3. The van der Waals surface area contributed by atoms with Crippen molar-refractivity contribution in [2.24, 2.45) is 5.73 Å². The van der Waals surface area contributed by atoms with E-state index in [-0.39, 0.29) is 17.5 Å². The van der Waals surface area contributed by atoms with E-state index >= 15 is 0 Å². The van der Waals surface area contributed by atoms with E-state index in [2.05, 4.69) is 10.3 Å². The first-order chi connectivity index (χ1) is 16.6. The third-order valence-electron chi connectivity index (χ3n) is 5.97. The van der Waals surface area contributed by atoms with Gasteiger partial charge >= 0.3 is 12.4 Å². The number of aliphatic hydroxyl groups is 1. The molecule has 2 rings (SSSR count). The molecule has 198 valence electrons. The standard InChI is InChI=1S/C25H35F6N3O/c26-24(27,28)20-13-11-12-18-19(16-22(25(29,30)31)34-23(18)20)21(35)17-33-15-10-8-6-4-2-1-3-5-7-9-14-32/h11-13,16,21,33,35H,1-10,14-15,17,32H2/t21-/m0/s1. The number of nitrogens with two attached hydrogens (primary N) is 1. The number of unbranched alkanes of at least 4 members (excludes halogenated alkanes) is 9. The van der Waals surface area contributed by atoms with Crippen molar-refractivity contribution in [1.82, 2.24) is 10.3 Å². The van der Waals surface area contributed by atoms with Crippen molar-refractivity contribution in [2.75, 3.05) is 19.6 Å². The minimum atomic E-state index is -4.95. The molecule has 0 saturated heterocycles. The molecule has 0 aliphatic carbocycles. The van der Waals surface area contributed by atoms with E-state index in [4.69, 9.17) is 5.73 Å². The van der Waals surface area contributed by atoms with Crippen LogP contribution in [0.1, 0.15) is 87.1 Å². The Labute approximate surface area is 202 Å². The summed E-state index contributed by atoms with van der Waals surface area (Å²) in [6.45, 7) is 1.23. The maximum Gasteiger partial charge on any atom is 0.433 e. The van der Waals surface area contributed by atoms with E-state index in [0.29, 0.717) is 18.7 Å². The summed E-state index contributed by atoms with van der Waals surface area (Å²) >= 11 is 0. The lowest BCUT2D eigenvalue weighted by Crippen LogP contribution is -2.23. The van der Waals surface area contributed by atoms with Crippen molar-refractivity contribution in [2.45, 2.75) is 82.7 Å². The third kappa shape index (κ3) is 9.57. The average Bonchev–Trinajstić information content (AvgIpc) is 2.79. The minimum absolute atomic E-state index is 0.0740. The fraction of sp³-hybridized carbons (Fsp3) is 0.640. The average molecular weight is 508 g/mol. The van der Waals surface area contributed by atoms with Gasteiger partial charge in [-0.1, -0.05) is 63.5 Å². The number of hydrogen-bond donors (Lipinski definition) is 3. The van der Waals surface area contributed by atoms with Crippen LogP contribution >= 0.6 is 0 Å². The molecule has 0 aliphatic heterocycles. The Hall–Kier alpha value is -1.91. The Morgan fingerprint density at radius 3 is 1.94 bits per heavy atom. The Bertz CT molecular complexity index is 901. The van der Waals surface area contributed by atoms with Gasteiger partial charge in [-0.2, -0.15) is 26.3 Å². The third-order valence-corrected chi connectivity index (χ3v) is 5.97. The molecule has 0 bridgehead atoms. The molecule has 1 aromatic heterocycles. The zero-order valence-electron chi connectivity index (χ0n) is 19.8. The lowest BCUT2D eigenvalue weighted by Gasteiger charge is -2.19. The van der Waals surface area contributed by atoms with Crippen molar-refractivity contribution < 1.29 is 31.4 Å². The second kappa shape index (κ2) is 14.0. The van der Waals surface area contributed by atoms with Crippen molar-refractivity contribution in [3.63, 3.8) is 0 Å². The number of nitrogens with zero attached hydrogens (tertiary/aromatic N) is 1. The van der Waals surface area contributed by atoms with Gasteiger partial charge in [0.25, 0.3) is 0 Å². The molecule has 1 aromatic carbocycles. The molecule has 10 heteroatoms. The zero-order chi connectivity index (χ0) is 25.9. The lowest BCUT2D eigenvalue weighted by molar-refractivity contribution is -0.142. The van der Waals surface area contributed by atoms with E-state index in [0.717, 1.165) is 44.7 Å². The van der Waals surface area contributed by atoms with Crippen LogP contribution < -0.4 is 11.1 Å². The summed E-state index contributed by atoms with van der Waals surface area (Å²) in [5.74, 6) is 0. The number of hydrogen-bond acceptors (Lipinski definition) is 4. The van der Waals surface area contributed by atoms with E-state index in [1.807, 2.05) is 0 Å². The molecule has 35 heavy (non-hydrogen) atoms. The number of alkyl halides is 6. The highest BCUT2D eigenvalue weighted by Gasteiger charge is 2.37. The smallest absolute Gasteiger partial charge is 0.387 e. The summed E-state index contributed by atoms with van der Waals surface area (Å²) in [6.07, 6.45) is -0.0695. The topological polar surface area (TPSA) is 71.2 Å². The van der Waals surface area contributed by atoms with Gasteiger partial charge in [0.1, 0.15) is 5.69 Å². The zero-order valence-corrected chi connectivity index (χ0v) is 19.8. The molecular weight excluding hydrogens is 472 g/mol. The normalized spacial score (nSPS) is 13.5. The summed E-state index contributed by atoms with van der Waals surface area (Å²) in [6, 6.07) is 3.66. The summed E-state index contributed by atoms with van der Waals surface area (Å²) in [4.78, 5) is 3.24. The van der Waals surface area contributed by atoms with E-state index in [9.17, 15) is 31.4 Å². The van der Waals surface area contributed by atoms with Crippen molar-refractivity contribution in [3.8, 4) is 0 Å². The second-order valence-electron chi connectivity index (χ2n) is 8.84. The molecule has 0 spiro atoms. The molecule has 0 amide bonds. The van der Waals surface area contributed by atoms with Crippen molar-refractivity contribution in [3.05, 3.63) is 41.1 Å². The van der Waals surface area contributed by atoms with Crippen molar-refractivity contribution in [1.29, 1.82) is 0 Å². The van der Waals surface area contributed by atoms with Crippen LogP contribution in [0, 0.1) is 0 Å². The van der Waals surface area contributed by atoms with E-state index in [1.165, 1.54) is 38.2 Å². The van der Waals surface area contributed by atoms with Crippen LogP contribution in [0.5, 0.6) is 0 Å². The maximum atomic E-state index is 13.4. The van der Waals surface area contributed by atoms with Crippen LogP contribution in [0.15, 0.2) is 24.3 Å². The molecular formula is C25H35F6N3O. The Morgan fingerprint density at radius 2 is 1.40 bits per heavy atom. The van der Waals surface area contributed by atoms with Gasteiger partial charge in [0.05, 0.1) is 17.2 Å². The number of benzene rings is 1. The van der Waals surface area contributed by atoms with Gasteiger partial charge in [0.2, 0.25) is 0 Å². The molecule has 2 aromatic rings.